The quantitative estimate of drug-likeness (QED) is 0.199. The first kappa shape index (κ1) is 24.3. The maximum absolute atomic E-state index is 14.8. The Morgan fingerprint density at radius 1 is 0.743 bits per heavy atom. The van der Waals surface area contributed by atoms with Gasteiger partial charge in [-0.1, -0.05) is 74.9 Å². The van der Waals surface area contributed by atoms with Crippen LogP contribution in [0.15, 0.2) is 78.9 Å². The summed E-state index contributed by atoms with van der Waals surface area (Å²) < 4.78 is 49.0. The number of hydrogen-bond acceptors (Lipinski definition) is 2. The van der Waals surface area contributed by atoms with E-state index in [0.717, 1.165) is 24.0 Å². The lowest BCUT2D eigenvalue weighted by Gasteiger charge is -2.10. The number of carbonyl (C=O) groups excluding carboxylic acids is 1. The molecule has 0 heterocycles. The van der Waals surface area contributed by atoms with Gasteiger partial charge in [-0.25, -0.2) is 18.0 Å². The maximum Gasteiger partial charge on any atom is 0.346 e. The molecular weight excluding hydrogens is 449 g/mol. The number of esters is 1. The number of ether oxygens (including phenoxy) is 1. The molecule has 0 saturated carbocycles. The van der Waals surface area contributed by atoms with Crippen LogP contribution in [0.2, 0.25) is 0 Å². The van der Waals surface area contributed by atoms with E-state index in [2.05, 4.69) is 0 Å². The summed E-state index contributed by atoms with van der Waals surface area (Å²) in [7, 11) is 0. The van der Waals surface area contributed by atoms with Crippen molar-refractivity contribution < 1.29 is 22.7 Å². The molecule has 0 saturated heterocycles. The molecule has 0 atom stereocenters. The molecule has 178 valence electrons. The number of aryl methyl sites for hydroxylation is 2. The molecule has 2 nitrogen and oxygen atoms in total. The lowest BCUT2D eigenvalue weighted by molar-refractivity contribution is 0.0729. The van der Waals surface area contributed by atoms with Crippen molar-refractivity contribution in [3.8, 4) is 28.0 Å². The van der Waals surface area contributed by atoms with Crippen molar-refractivity contribution in [3.05, 3.63) is 113 Å². The summed E-state index contributed by atoms with van der Waals surface area (Å²) in [4.78, 5) is 12.5. The molecule has 5 heteroatoms. The van der Waals surface area contributed by atoms with Crippen LogP contribution in [0.25, 0.3) is 22.3 Å². The Labute approximate surface area is 203 Å². The van der Waals surface area contributed by atoms with E-state index in [1.54, 1.807) is 30.3 Å². The van der Waals surface area contributed by atoms with E-state index in [4.69, 9.17) is 4.74 Å². The Hall–Kier alpha value is -3.86. The normalized spacial score (nSPS) is 10.9. The average molecular weight is 475 g/mol. The number of benzene rings is 4. The van der Waals surface area contributed by atoms with Gasteiger partial charge >= 0.3 is 5.97 Å². The molecule has 0 bridgehead atoms. The van der Waals surface area contributed by atoms with Crippen molar-refractivity contribution in [2.24, 2.45) is 0 Å². The SMILES string of the molecule is CCCc1ccc(-c2ccc(OC(=O)c3ccc(-c4ccc(CC)cc4)c(F)c3F)cc2)cc1F. The molecule has 4 aromatic rings. The summed E-state index contributed by atoms with van der Waals surface area (Å²) in [6.07, 6.45) is 2.37. The Morgan fingerprint density at radius 3 is 2.03 bits per heavy atom. The van der Waals surface area contributed by atoms with Crippen LogP contribution >= 0.6 is 0 Å². The van der Waals surface area contributed by atoms with E-state index in [-0.39, 0.29) is 17.1 Å². The van der Waals surface area contributed by atoms with E-state index >= 15 is 0 Å². The molecule has 0 aliphatic carbocycles. The van der Waals surface area contributed by atoms with Gasteiger partial charge in [-0.05, 0) is 64.9 Å². The zero-order chi connectivity index (χ0) is 24.9. The topological polar surface area (TPSA) is 26.3 Å². The van der Waals surface area contributed by atoms with Crippen molar-refractivity contribution in [1.82, 2.24) is 0 Å². The summed E-state index contributed by atoms with van der Waals surface area (Å²) in [6, 6.07) is 21.2. The van der Waals surface area contributed by atoms with Crippen LogP contribution < -0.4 is 4.74 Å². The second kappa shape index (κ2) is 10.6. The predicted molar refractivity (Wildman–Crippen MR) is 132 cm³/mol. The van der Waals surface area contributed by atoms with Gasteiger partial charge in [0.2, 0.25) is 0 Å². The van der Waals surface area contributed by atoms with Crippen LogP contribution in [0, 0.1) is 17.5 Å². The summed E-state index contributed by atoms with van der Waals surface area (Å²) >= 11 is 0. The number of hydrogen-bond donors (Lipinski definition) is 0. The Morgan fingerprint density at radius 2 is 1.40 bits per heavy atom. The molecule has 0 unspecified atom stereocenters. The van der Waals surface area contributed by atoms with Gasteiger partial charge in [0.15, 0.2) is 11.6 Å². The smallest absolute Gasteiger partial charge is 0.346 e. The third kappa shape index (κ3) is 5.29. The average Bonchev–Trinajstić information content (AvgIpc) is 2.87. The molecule has 0 radical (unpaired) electrons. The van der Waals surface area contributed by atoms with Crippen molar-refractivity contribution >= 4 is 5.97 Å². The van der Waals surface area contributed by atoms with Crippen LogP contribution in [-0.2, 0) is 12.8 Å². The third-order valence-electron chi connectivity index (χ3n) is 5.95. The fraction of sp³-hybridized carbons (Fsp3) is 0.167. The minimum Gasteiger partial charge on any atom is -0.423 e. The van der Waals surface area contributed by atoms with Crippen LogP contribution in [0.5, 0.6) is 5.75 Å². The van der Waals surface area contributed by atoms with Gasteiger partial charge in [-0.15, -0.1) is 0 Å². The van der Waals surface area contributed by atoms with Gasteiger partial charge in [0.05, 0.1) is 5.56 Å². The van der Waals surface area contributed by atoms with E-state index < -0.39 is 23.2 Å². The fourth-order valence-corrected chi connectivity index (χ4v) is 3.93. The zero-order valence-corrected chi connectivity index (χ0v) is 19.6. The number of rotatable bonds is 7. The van der Waals surface area contributed by atoms with Crippen LogP contribution in [0.3, 0.4) is 0 Å². The summed E-state index contributed by atoms with van der Waals surface area (Å²) in [6.45, 7) is 4.00. The molecule has 4 aromatic carbocycles. The molecule has 0 aromatic heterocycles. The molecule has 0 aliphatic heterocycles. The summed E-state index contributed by atoms with van der Waals surface area (Å²) in [5.41, 5.74) is 3.28. The first-order valence-electron chi connectivity index (χ1n) is 11.6. The number of carbonyl (C=O) groups is 1. The van der Waals surface area contributed by atoms with Crippen LogP contribution in [-0.4, -0.2) is 5.97 Å². The first-order valence-corrected chi connectivity index (χ1v) is 11.6. The maximum atomic E-state index is 14.8. The molecule has 0 amide bonds. The minimum atomic E-state index is -1.26. The van der Waals surface area contributed by atoms with Gasteiger partial charge in [-0.3, -0.25) is 0 Å². The Bertz CT molecular complexity index is 1340. The molecular formula is C30H25F3O2. The molecule has 35 heavy (non-hydrogen) atoms. The summed E-state index contributed by atoms with van der Waals surface area (Å²) in [5, 5.41) is 0. The van der Waals surface area contributed by atoms with E-state index in [9.17, 15) is 18.0 Å². The van der Waals surface area contributed by atoms with Crippen LogP contribution in [0.4, 0.5) is 13.2 Å². The second-order valence-corrected chi connectivity index (χ2v) is 8.31. The minimum absolute atomic E-state index is 0.0724. The molecule has 0 spiro atoms. The van der Waals surface area contributed by atoms with Crippen molar-refractivity contribution in [3.63, 3.8) is 0 Å². The number of halogens is 3. The summed E-state index contributed by atoms with van der Waals surface area (Å²) in [5.74, 6) is -3.46. The first-order chi connectivity index (χ1) is 16.9. The lowest BCUT2D eigenvalue weighted by atomic mass is 10.0. The monoisotopic (exact) mass is 474 g/mol. The van der Waals surface area contributed by atoms with Gasteiger partial charge in [0, 0.05) is 5.56 Å². The van der Waals surface area contributed by atoms with E-state index in [1.165, 1.54) is 30.3 Å². The molecule has 4 rings (SSSR count). The van der Waals surface area contributed by atoms with Gasteiger partial charge in [0.25, 0.3) is 0 Å². The van der Waals surface area contributed by atoms with Crippen molar-refractivity contribution in [2.45, 2.75) is 33.1 Å². The highest BCUT2D eigenvalue weighted by Gasteiger charge is 2.21. The zero-order valence-electron chi connectivity index (χ0n) is 19.6. The second-order valence-electron chi connectivity index (χ2n) is 8.31. The lowest BCUT2D eigenvalue weighted by Crippen LogP contribution is -2.12. The van der Waals surface area contributed by atoms with Crippen LogP contribution in [0.1, 0.15) is 41.8 Å². The highest BCUT2D eigenvalue weighted by molar-refractivity contribution is 5.92. The van der Waals surface area contributed by atoms with Crippen molar-refractivity contribution in [2.75, 3.05) is 0 Å². The predicted octanol–water partition coefficient (Wildman–Crippen LogP) is 8.17. The van der Waals surface area contributed by atoms with Gasteiger partial charge < -0.3 is 4.74 Å². The largest absolute Gasteiger partial charge is 0.423 e. The third-order valence-corrected chi connectivity index (χ3v) is 5.95. The standard InChI is InChI=1S/C30H25F3O2/c1-3-5-22-10-11-23(18-27(22)31)20-12-14-24(15-13-20)35-30(34)26-17-16-25(28(32)29(26)33)21-8-6-19(4-2)7-9-21/h6-18H,3-5H2,1-2H3. The fourth-order valence-electron chi connectivity index (χ4n) is 3.93. The Balaban J connectivity index is 1.50. The highest BCUT2D eigenvalue weighted by atomic mass is 19.2. The molecule has 0 aliphatic rings. The highest BCUT2D eigenvalue weighted by Crippen LogP contribution is 2.29. The van der Waals surface area contributed by atoms with Gasteiger partial charge in [0.1, 0.15) is 11.6 Å². The molecule has 0 fully saturated rings. The van der Waals surface area contributed by atoms with Crippen molar-refractivity contribution in [1.29, 1.82) is 0 Å². The van der Waals surface area contributed by atoms with E-state index in [0.29, 0.717) is 23.1 Å². The van der Waals surface area contributed by atoms with Gasteiger partial charge in [-0.2, -0.15) is 0 Å². The van der Waals surface area contributed by atoms with E-state index in [1.807, 2.05) is 32.0 Å². The Kier molecular flexibility index (Phi) is 7.35. The molecule has 0 N–H and O–H groups in total.